The van der Waals surface area contributed by atoms with Crippen molar-refractivity contribution in [2.75, 3.05) is 6.61 Å². The summed E-state index contributed by atoms with van der Waals surface area (Å²) in [5.41, 5.74) is 2.12. The molecular formula is C12H13NO3. The first-order chi connectivity index (χ1) is 7.65. The Morgan fingerprint density at radius 3 is 2.81 bits per heavy atom. The van der Waals surface area contributed by atoms with E-state index in [1.54, 1.807) is 10.6 Å². The molecule has 0 unspecified atom stereocenters. The molecule has 84 valence electrons. The molecule has 1 aromatic carbocycles. The molecule has 0 saturated carbocycles. The van der Waals surface area contributed by atoms with Gasteiger partial charge in [-0.3, -0.25) is 0 Å². The van der Waals surface area contributed by atoms with Crippen LogP contribution in [-0.2, 0) is 6.54 Å². The van der Waals surface area contributed by atoms with E-state index in [2.05, 4.69) is 0 Å². The molecule has 2 rings (SSSR count). The highest BCUT2D eigenvalue weighted by Gasteiger charge is 2.14. The first-order valence-electron chi connectivity index (χ1n) is 5.08. The number of nitrogens with zero attached hydrogens (tertiary/aromatic N) is 1. The zero-order valence-corrected chi connectivity index (χ0v) is 8.97. The zero-order valence-electron chi connectivity index (χ0n) is 8.97. The average molecular weight is 219 g/mol. The second-order valence-corrected chi connectivity index (χ2v) is 3.72. The quantitative estimate of drug-likeness (QED) is 0.824. The van der Waals surface area contributed by atoms with E-state index in [1.165, 1.54) is 0 Å². The summed E-state index contributed by atoms with van der Waals surface area (Å²) in [5, 5.41) is 19.0. The van der Waals surface area contributed by atoms with Gasteiger partial charge in [-0.1, -0.05) is 18.2 Å². The Hall–Kier alpha value is -1.81. The molecule has 2 N–H and O–H groups in total. The van der Waals surface area contributed by atoms with Crippen molar-refractivity contribution in [1.82, 2.24) is 4.57 Å². The molecule has 0 atom stereocenters. The summed E-state index contributed by atoms with van der Waals surface area (Å²) in [6, 6.07) is 7.34. The summed E-state index contributed by atoms with van der Waals surface area (Å²) in [4.78, 5) is 11.1. The minimum atomic E-state index is -0.968. The predicted octanol–water partition coefficient (Wildman–Crippen LogP) is 1.64. The number of para-hydroxylation sites is 1. The van der Waals surface area contributed by atoms with E-state index < -0.39 is 5.97 Å². The number of fused-ring (bicyclic) bond motifs is 1. The van der Waals surface area contributed by atoms with Crippen molar-refractivity contribution in [1.29, 1.82) is 0 Å². The molecule has 4 heteroatoms. The number of aliphatic hydroxyl groups is 1. The van der Waals surface area contributed by atoms with Crippen LogP contribution in [-0.4, -0.2) is 27.4 Å². The van der Waals surface area contributed by atoms with Crippen LogP contribution < -0.4 is 0 Å². The fourth-order valence-electron chi connectivity index (χ4n) is 2.02. The minimum absolute atomic E-state index is 0.0710. The number of hydrogen-bond donors (Lipinski definition) is 2. The zero-order chi connectivity index (χ0) is 11.7. The van der Waals surface area contributed by atoms with Crippen LogP contribution in [0.25, 0.3) is 10.9 Å². The number of aliphatic hydroxyl groups excluding tert-OH is 1. The first kappa shape index (κ1) is 10.7. The third kappa shape index (κ3) is 1.57. The van der Waals surface area contributed by atoms with Crippen molar-refractivity contribution in [3.8, 4) is 0 Å². The number of hydrogen-bond acceptors (Lipinski definition) is 2. The van der Waals surface area contributed by atoms with Crippen molar-refractivity contribution >= 4 is 16.9 Å². The number of aryl methyl sites for hydroxylation is 1. The van der Waals surface area contributed by atoms with Crippen LogP contribution in [0.4, 0.5) is 0 Å². The molecule has 0 aliphatic carbocycles. The Morgan fingerprint density at radius 2 is 2.19 bits per heavy atom. The lowest BCUT2D eigenvalue weighted by Gasteiger charge is -2.07. The van der Waals surface area contributed by atoms with Gasteiger partial charge in [0, 0.05) is 11.9 Å². The molecule has 0 aliphatic rings. The van der Waals surface area contributed by atoms with E-state index >= 15 is 0 Å². The van der Waals surface area contributed by atoms with Crippen molar-refractivity contribution in [3.63, 3.8) is 0 Å². The Kier molecular flexibility index (Phi) is 2.66. The molecule has 0 radical (unpaired) electrons. The number of carboxylic acids is 1. The molecule has 0 bridgehead atoms. The monoisotopic (exact) mass is 219 g/mol. The number of benzene rings is 1. The molecule has 0 fully saturated rings. The van der Waals surface area contributed by atoms with E-state index in [0.29, 0.717) is 6.54 Å². The van der Waals surface area contributed by atoms with E-state index in [1.807, 2.05) is 25.1 Å². The Labute approximate surface area is 92.7 Å². The third-order valence-electron chi connectivity index (χ3n) is 2.66. The van der Waals surface area contributed by atoms with E-state index in [4.69, 9.17) is 10.2 Å². The van der Waals surface area contributed by atoms with Gasteiger partial charge < -0.3 is 14.8 Å². The van der Waals surface area contributed by atoms with Gasteiger partial charge in [0.2, 0.25) is 0 Å². The largest absolute Gasteiger partial charge is 0.477 e. The maximum Gasteiger partial charge on any atom is 0.352 e. The first-order valence-corrected chi connectivity index (χ1v) is 5.08. The standard InChI is InChI=1S/C12H13NO3/c1-8-3-2-4-9-7-10(12(15)16)13(5-6-14)11(8)9/h2-4,7,14H,5-6H2,1H3,(H,15,16). The SMILES string of the molecule is Cc1cccc2cc(C(=O)O)n(CCO)c12. The summed E-state index contributed by atoms with van der Waals surface area (Å²) in [6.07, 6.45) is 0. The molecule has 1 heterocycles. The third-order valence-corrected chi connectivity index (χ3v) is 2.66. The van der Waals surface area contributed by atoms with Gasteiger partial charge in [-0.2, -0.15) is 0 Å². The minimum Gasteiger partial charge on any atom is -0.477 e. The number of rotatable bonds is 3. The van der Waals surface area contributed by atoms with Crippen molar-refractivity contribution in [2.45, 2.75) is 13.5 Å². The molecule has 4 nitrogen and oxygen atoms in total. The van der Waals surface area contributed by atoms with Gasteiger partial charge in [0.25, 0.3) is 0 Å². The summed E-state index contributed by atoms with van der Waals surface area (Å²) >= 11 is 0. The van der Waals surface area contributed by atoms with Gasteiger partial charge in [-0.05, 0) is 18.6 Å². The number of aromatic nitrogens is 1. The summed E-state index contributed by atoms with van der Waals surface area (Å²) in [7, 11) is 0. The van der Waals surface area contributed by atoms with Gasteiger partial charge in [0.15, 0.2) is 0 Å². The van der Waals surface area contributed by atoms with Gasteiger partial charge >= 0.3 is 5.97 Å². The normalized spacial score (nSPS) is 10.9. The highest BCUT2D eigenvalue weighted by Crippen LogP contribution is 2.23. The van der Waals surface area contributed by atoms with Gasteiger partial charge in [0.1, 0.15) is 5.69 Å². The van der Waals surface area contributed by atoms with E-state index in [-0.39, 0.29) is 12.3 Å². The topological polar surface area (TPSA) is 62.5 Å². The van der Waals surface area contributed by atoms with Crippen LogP contribution in [0, 0.1) is 6.92 Å². The molecule has 0 saturated heterocycles. The second-order valence-electron chi connectivity index (χ2n) is 3.72. The van der Waals surface area contributed by atoms with Gasteiger partial charge in [0.05, 0.1) is 12.1 Å². The number of carbonyl (C=O) groups is 1. The Balaban J connectivity index is 2.77. The summed E-state index contributed by atoms with van der Waals surface area (Å²) < 4.78 is 1.65. The van der Waals surface area contributed by atoms with Crippen LogP contribution in [0.3, 0.4) is 0 Å². The lowest BCUT2D eigenvalue weighted by atomic mass is 10.2. The van der Waals surface area contributed by atoms with Crippen LogP contribution >= 0.6 is 0 Å². The van der Waals surface area contributed by atoms with Crippen molar-refractivity contribution < 1.29 is 15.0 Å². The molecule has 0 aliphatic heterocycles. The molecule has 1 aromatic heterocycles. The van der Waals surface area contributed by atoms with Crippen LogP contribution in [0.5, 0.6) is 0 Å². The van der Waals surface area contributed by atoms with Gasteiger partial charge in [-0.25, -0.2) is 4.79 Å². The molecule has 0 spiro atoms. The van der Waals surface area contributed by atoms with E-state index in [0.717, 1.165) is 16.5 Å². The summed E-state index contributed by atoms with van der Waals surface area (Å²) in [5.74, 6) is -0.968. The predicted molar refractivity (Wildman–Crippen MR) is 60.7 cm³/mol. The second kappa shape index (κ2) is 3.98. The number of carboxylic acid groups (broad SMARTS) is 1. The molecular weight excluding hydrogens is 206 g/mol. The fraction of sp³-hybridized carbons (Fsp3) is 0.250. The maximum absolute atomic E-state index is 11.1. The van der Waals surface area contributed by atoms with Crippen LogP contribution in [0.15, 0.2) is 24.3 Å². The highest BCUT2D eigenvalue weighted by molar-refractivity contribution is 5.95. The maximum atomic E-state index is 11.1. The number of aromatic carboxylic acids is 1. The lowest BCUT2D eigenvalue weighted by molar-refractivity contribution is 0.0684. The molecule has 0 amide bonds. The Bertz CT molecular complexity index is 542. The van der Waals surface area contributed by atoms with Gasteiger partial charge in [-0.15, -0.1) is 0 Å². The molecule has 16 heavy (non-hydrogen) atoms. The molecule has 2 aromatic rings. The highest BCUT2D eigenvalue weighted by atomic mass is 16.4. The van der Waals surface area contributed by atoms with Crippen molar-refractivity contribution in [2.24, 2.45) is 0 Å². The van der Waals surface area contributed by atoms with E-state index in [9.17, 15) is 4.79 Å². The fourth-order valence-corrected chi connectivity index (χ4v) is 2.02. The Morgan fingerprint density at radius 1 is 1.44 bits per heavy atom. The lowest BCUT2D eigenvalue weighted by Crippen LogP contribution is -2.11. The van der Waals surface area contributed by atoms with Crippen LogP contribution in [0.1, 0.15) is 16.1 Å². The summed E-state index contributed by atoms with van der Waals surface area (Å²) in [6.45, 7) is 2.16. The smallest absolute Gasteiger partial charge is 0.352 e. The van der Waals surface area contributed by atoms with Crippen molar-refractivity contribution in [3.05, 3.63) is 35.5 Å². The average Bonchev–Trinajstić information content (AvgIpc) is 2.59. The van der Waals surface area contributed by atoms with Crippen LogP contribution in [0.2, 0.25) is 0 Å².